The molecule has 7 heteroatoms. The highest BCUT2D eigenvalue weighted by atomic mass is 35.5. The summed E-state index contributed by atoms with van der Waals surface area (Å²) in [4.78, 5) is 12.0. The molecule has 0 aliphatic heterocycles. The van der Waals surface area contributed by atoms with E-state index in [1.165, 1.54) is 0 Å². The number of hydrogen-bond acceptors (Lipinski definition) is 4. The van der Waals surface area contributed by atoms with Crippen molar-refractivity contribution >= 4 is 23.3 Å². The fourth-order valence-corrected chi connectivity index (χ4v) is 2.33. The molecule has 122 valence electrons. The van der Waals surface area contributed by atoms with Crippen molar-refractivity contribution in [2.24, 2.45) is 0 Å². The molecule has 0 unspecified atom stereocenters. The SMILES string of the molecule is O=C(NCCNc1ccc(-n2cccc2)nn1)c1cccc(Cl)c1. The minimum Gasteiger partial charge on any atom is -0.367 e. The van der Waals surface area contributed by atoms with Crippen LogP contribution in [0.25, 0.3) is 5.82 Å². The largest absolute Gasteiger partial charge is 0.367 e. The number of hydrogen-bond donors (Lipinski definition) is 2. The first-order valence-corrected chi connectivity index (χ1v) is 7.85. The number of benzene rings is 1. The fraction of sp³-hybridized carbons (Fsp3) is 0.118. The van der Waals surface area contributed by atoms with Crippen molar-refractivity contribution in [1.29, 1.82) is 0 Å². The molecule has 6 nitrogen and oxygen atoms in total. The van der Waals surface area contributed by atoms with E-state index < -0.39 is 0 Å². The number of carbonyl (C=O) groups is 1. The number of halogens is 1. The van der Waals surface area contributed by atoms with E-state index in [4.69, 9.17) is 11.6 Å². The van der Waals surface area contributed by atoms with Gasteiger partial charge in [0.05, 0.1) is 0 Å². The van der Waals surface area contributed by atoms with Gasteiger partial charge in [0.2, 0.25) is 0 Å². The molecular formula is C17H16ClN5O. The molecule has 0 saturated carbocycles. The van der Waals surface area contributed by atoms with Crippen molar-refractivity contribution in [3.05, 3.63) is 71.5 Å². The molecular weight excluding hydrogens is 326 g/mol. The number of anilines is 1. The lowest BCUT2D eigenvalue weighted by Crippen LogP contribution is -2.28. The Hall–Kier alpha value is -2.86. The molecule has 0 radical (unpaired) electrons. The Labute approximate surface area is 144 Å². The minimum atomic E-state index is -0.159. The van der Waals surface area contributed by atoms with Crippen molar-refractivity contribution in [2.45, 2.75) is 0 Å². The zero-order valence-corrected chi connectivity index (χ0v) is 13.6. The van der Waals surface area contributed by atoms with Gasteiger partial charge in [0.25, 0.3) is 5.91 Å². The van der Waals surface area contributed by atoms with Crippen LogP contribution in [0.15, 0.2) is 60.9 Å². The van der Waals surface area contributed by atoms with Gasteiger partial charge in [-0.1, -0.05) is 17.7 Å². The summed E-state index contributed by atoms with van der Waals surface area (Å²) in [6.45, 7) is 1.01. The third-order valence-corrected chi connectivity index (χ3v) is 3.56. The maximum absolute atomic E-state index is 12.0. The summed E-state index contributed by atoms with van der Waals surface area (Å²) >= 11 is 5.87. The molecule has 3 rings (SSSR count). The van der Waals surface area contributed by atoms with Crippen molar-refractivity contribution < 1.29 is 4.79 Å². The topological polar surface area (TPSA) is 71.8 Å². The first kappa shape index (κ1) is 16.0. The standard InChI is InChI=1S/C17H16ClN5O/c18-14-5-3-4-13(12-14)17(24)20-9-8-19-15-6-7-16(22-21-15)23-10-1-2-11-23/h1-7,10-12H,8-9H2,(H,19,21)(H,20,24). The summed E-state index contributed by atoms with van der Waals surface area (Å²) in [6.07, 6.45) is 3.81. The van der Waals surface area contributed by atoms with E-state index in [9.17, 15) is 4.79 Å². The highest BCUT2D eigenvalue weighted by molar-refractivity contribution is 6.30. The van der Waals surface area contributed by atoms with Gasteiger partial charge in [-0.2, -0.15) is 0 Å². The van der Waals surface area contributed by atoms with Gasteiger partial charge in [0, 0.05) is 36.1 Å². The number of amides is 1. The molecule has 2 aromatic heterocycles. The number of aromatic nitrogens is 3. The summed E-state index contributed by atoms with van der Waals surface area (Å²) in [7, 11) is 0. The zero-order chi connectivity index (χ0) is 16.8. The molecule has 2 heterocycles. The maximum Gasteiger partial charge on any atom is 0.251 e. The predicted molar refractivity (Wildman–Crippen MR) is 93.6 cm³/mol. The number of rotatable bonds is 6. The van der Waals surface area contributed by atoms with Crippen LogP contribution < -0.4 is 10.6 Å². The Kier molecular flexibility index (Phi) is 5.08. The summed E-state index contributed by atoms with van der Waals surface area (Å²) in [6, 6.07) is 14.4. The third-order valence-electron chi connectivity index (χ3n) is 3.32. The van der Waals surface area contributed by atoms with Gasteiger partial charge in [-0.3, -0.25) is 4.79 Å². The summed E-state index contributed by atoms with van der Waals surface area (Å²) in [5, 5.41) is 14.7. The number of nitrogens with zero attached hydrogens (tertiary/aromatic N) is 3. The van der Waals surface area contributed by atoms with E-state index in [1.807, 2.05) is 41.2 Å². The van der Waals surface area contributed by atoms with Gasteiger partial charge in [-0.15, -0.1) is 10.2 Å². The maximum atomic E-state index is 12.0. The minimum absolute atomic E-state index is 0.159. The number of carbonyl (C=O) groups excluding carboxylic acids is 1. The van der Waals surface area contributed by atoms with Crippen molar-refractivity contribution in [3.63, 3.8) is 0 Å². The van der Waals surface area contributed by atoms with Gasteiger partial charge in [-0.25, -0.2) is 0 Å². The van der Waals surface area contributed by atoms with Crippen LogP contribution in [0.2, 0.25) is 5.02 Å². The average Bonchev–Trinajstić information content (AvgIpc) is 3.14. The molecule has 0 fully saturated rings. The van der Waals surface area contributed by atoms with Crippen LogP contribution in [0.5, 0.6) is 0 Å². The molecule has 0 aliphatic carbocycles. The second-order valence-electron chi connectivity index (χ2n) is 5.06. The third kappa shape index (κ3) is 4.11. The molecule has 0 saturated heterocycles. The highest BCUT2D eigenvalue weighted by Crippen LogP contribution is 2.10. The molecule has 2 N–H and O–H groups in total. The van der Waals surface area contributed by atoms with Crippen molar-refractivity contribution in [1.82, 2.24) is 20.1 Å². The van der Waals surface area contributed by atoms with Gasteiger partial charge < -0.3 is 15.2 Å². The number of nitrogens with one attached hydrogen (secondary N) is 2. The summed E-state index contributed by atoms with van der Waals surface area (Å²) in [5.41, 5.74) is 0.540. The zero-order valence-electron chi connectivity index (χ0n) is 12.8. The van der Waals surface area contributed by atoms with Crippen LogP contribution in [0, 0.1) is 0 Å². The van der Waals surface area contributed by atoms with Gasteiger partial charge in [0.1, 0.15) is 5.82 Å². The fourth-order valence-electron chi connectivity index (χ4n) is 2.14. The van der Waals surface area contributed by atoms with Crippen LogP contribution >= 0.6 is 11.6 Å². The van der Waals surface area contributed by atoms with Gasteiger partial charge >= 0.3 is 0 Å². The normalized spacial score (nSPS) is 10.4. The Balaban J connectivity index is 1.46. The molecule has 24 heavy (non-hydrogen) atoms. The van der Waals surface area contributed by atoms with Gasteiger partial charge in [-0.05, 0) is 42.5 Å². The monoisotopic (exact) mass is 341 g/mol. The first-order valence-electron chi connectivity index (χ1n) is 7.47. The molecule has 1 aromatic carbocycles. The Morgan fingerprint density at radius 3 is 2.58 bits per heavy atom. The van der Waals surface area contributed by atoms with Gasteiger partial charge in [0.15, 0.2) is 5.82 Å². The van der Waals surface area contributed by atoms with Crippen LogP contribution in [0.4, 0.5) is 5.82 Å². The lowest BCUT2D eigenvalue weighted by Gasteiger charge is -2.08. The van der Waals surface area contributed by atoms with Crippen LogP contribution in [-0.2, 0) is 0 Å². The quantitative estimate of drug-likeness (QED) is 0.676. The van der Waals surface area contributed by atoms with Crippen LogP contribution in [0.1, 0.15) is 10.4 Å². The molecule has 0 bridgehead atoms. The molecule has 0 atom stereocenters. The van der Waals surface area contributed by atoms with Crippen molar-refractivity contribution in [2.75, 3.05) is 18.4 Å². The predicted octanol–water partition coefficient (Wildman–Crippen LogP) is 2.76. The smallest absolute Gasteiger partial charge is 0.251 e. The molecule has 3 aromatic rings. The van der Waals surface area contributed by atoms with Crippen LogP contribution in [0.3, 0.4) is 0 Å². The molecule has 1 amide bonds. The Morgan fingerprint density at radius 1 is 1.04 bits per heavy atom. The van der Waals surface area contributed by atoms with E-state index in [-0.39, 0.29) is 5.91 Å². The lowest BCUT2D eigenvalue weighted by atomic mass is 10.2. The summed E-state index contributed by atoms with van der Waals surface area (Å²) < 4.78 is 1.88. The first-order chi connectivity index (χ1) is 11.7. The summed E-state index contributed by atoms with van der Waals surface area (Å²) in [5.74, 6) is 1.25. The van der Waals surface area contributed by atoms with E-state index in [1.54, 1.807) is 24.3 Å². The highest BCUT2D eigenvalue weighted by Gasteiger charge is 2.05. The van der Waals surface area contributed by atoms with E-state index in [0.29, 0.717) is 29.5 Å². The van der Waals surface area contributed by atoms with E-state index >= 15 is 0 Å². The Bertz CT molecular complexity index is 802. The van der Waals surface area contributed by atoms with Crippen LogP contribution in [-0.4, -0.2) is 33.8 Å². The van der Waals surface area contributed by atoms with Crippen molar-refractivity contribution in [3.8, 4) is 5.82 Å². The molecule has 0 aliphatic rings. The van der Waals surface area contributed by atoms with E-state index in [2.05, 4.69) is 20.8 Å². The van der Waals surface area contributed by atoms with E-state index in [0.717, 1.165) is 5.82 Å². The molecule has 0 spiro atoms. The second kappa shape index (κ2) is 7.61. The average molecular weight is 342 g/mol. The Morgan fingerprint density at radius 2 is 1.88 bits per heavy atom. The second-order valence-corrected chi connectivity index (χ2v) is 5.50. The lowest BCUT2D eigenvalue weighted by molar-refractivity contribution is 0.0955.